The molecule has 0 atom stereocenters. The van der Waals surface area contributed by atoms with E-state index < -0.39 is 29.2 Å². The summed E-state index contributed by atoms with van der Waals surface area (Å²) >= 11 is 5.95. The molecule has 0 aliphatic rings. The molecule has 2 N–H and O–H groups in total. The zero-order valence-electron chi connectivity index (χ0n) is 17.5. The van der Waals surface area contributed by atoms with Crippen molar-refractivity contribution in [1.82, 2.24) is 0 Å². The fraction of sp³-hybridized carbons (Fsp3) is 0.217. The molecule has 0 aliphatic heterocycles. The number of alkyl halides is 3. The quantitative estimate of drug-likeness (QED) is 0.370. The van der Waals surface area contributed by atoms with E-state index in [1.165, 1.54) is 24.5 Å². The second-order valence-corrected chi connectivity index (χ2v) is 7.51. The number of rotatable bonds is 8. The number of hydrogen-bond acceptors (Lipinski definition) is 4. The Bertz CT molecular complexity index is 1130. The summed E-state index contributed by atoms with van der Waals surface area (Å²) in [5.41, 5.74) is -0.734. The first-order valence-corrected chi connectivity index (χ1v) is 10.3. The van der Waals surface area contributed by atoms with Crippen molar-refractivity contribution in [1.29, 1.82) is 0 Å². The van der Waals surface area contributed by atoms with Crippen molar-refractivity contribution in [3.63, 3.8) is 0 Å². The lowest BCUT2D eigenvalue weighted by molar-refractivity contribution is -0.136. The molecule has 0 saturated heterocycles. The Morgan fingerprint density at radius 1 is 1.09 bits per heavy atom. The van der Waals surface area contributed by atoms with Crippen molar-refractivity contribution in [2.24, 2.45) is 0 Å². The van der Waals surface area contributed by atoms with E-state index in [0.717, 1.165) is 17.7 Å². The summed E-state index contributed by atoms with van der Waals surface area (Å²) in [6, 6.07) is 11.1. The highest BCUT2D eigenvalue weighted by molar-refractivity contribution is 6.31. The van der Waals surface area contributed by atoms with Gasteiger partial charge in [-0.2, -0.15) is 13.2 Å². The van der Waals surface area contributed by atoms with Gasteiger partial charge in [0.1, 0.15) is 5.75 Å². The van der Waals surface area contributed by atoms with Crippen LogP contribution in [-0.2, 0) is 11.0 Å². The molecule has 0 radical (unpaired) electrons. The number of carbonyl (C=O) groups excluding carboxylic acids is 2. The third-order valence-corrected chi connectivity index (χ3v) is 4.97. The summed E-state index contributed by atoms with van der Waals surface area (Å²) in [5, 5.41) is 5.21. The number of aryl methyl sites for hydroxylation is 1. The maximum Gasteiger partial charge on any atom is 0.418 e. The molecule has 3 aromatic rings. The van der Waals surface area contributed by atoms with Crippen molar-refractivity contribution < 1.29 is 31.9 Å². The minimum absolute atomic E-state index is 0.0408. The van der Waals surface area contributed by atoms with E-state index in [2.05, 4.69) is 10.6 Å². The van der Waals surface area contributed by atoms with E-state index in [0.29, 0.717) is 17.2 Å². The number of nitrogens with one attached hydrogen (secondary N) is 2. The molecule has 1 heterocycles. The Balaban J connectivity index is 1.58. The topological polar surface area (TPSA) is 80.6 Å². The number of benzene rings is 2. The number of anilines is 2. The van der Waals surface area contributed by atoms with Crippen LogP contribution in [0.5, 0.6) is 5.75 Å². The summed E-state index contributed by atoms with van der Waals surface area (Å²) in [6.07, 6.45) is -3.22. The standard InChI is InChI=1S/C23H20ClF3N2O4/c1-14-12-16(7-8-18(14)24)32-10-3-5-21(30)29-19-9-6-15(13-17(19)23(25,26)27)28-22(31)20-4-2-11-33-20/h2,4,6-9,11-13H,3,5,10H2,1H3,(H,28,31)(H,29,30). The van der Waals surface area contributed by atoms with Crippen LogP contribution in [0, 0.1) is 6.92 Å². The van der Waals surface area contributed by atoms with E-state index in [-0.39, 0.29) is 24.5 Å². The lowest BCUT2D eigenvalue weighted by Gasteiger charge is -2.16. The molecule has 2 aromatic carbocycles. The lowest BCUT2D eigenvalue weighted by atomic mass is 10.1. The second-order valence-electron chi connectivity index (χ2n) is 7.10. The molecule has 3 rings (SSSR count). The van der Waals surface area contributed by atoms with Gasteiger partial charge >= 0.3 is 6.18 Å². The van der Waals surface area contributed by atoms with E-state index in [4.69, 9.17) is 20.8 Å². The molecule has 0 unspecified atom stereocenters. The average Bonchev–Trinajstić information content (AvgIpc) is 3.29. The summed E-state index contributed by atoms with van der Waals surface area (Å²) in [4.78, 5) is 24.2. The fourth-order valence-electron chi connectivity index (χ4n) is 2.91. The molecule has 0 aliphatic carbocycles. The zero-order chi connectivity index (χ0) is 24.0. The first-order chi connectivity index (χ1) is 15.6. The van der Waals surface area contributed by atoms with Crippen molar-refractivity contribution in [3.8, 4) is 5.75 Å². The molecule has 10 heteroatoms. The summed E-state index contributed by atoms with van der Waals surface area (Å²) < 4.78 is 51.1. The molecule has 0 bridgehead atoms. The third-order valence-electron chi connectivity index (χ3n) is 4.55. The third kappa shape index (κ3) is 6.76. The minimum Gasteiger partial charge on any atom is -0.494 e. The summed E-state index contributed by atoms with van der Waals surface area (Å²) in [5.74, 6) is -0.745. The smallest absolute Gasteiger partial charge is 0.418 e. The van der Waals surface area contributed by atoms with E-state index in [1.807, 2.05) is 6.92 Å². The van der Waals surface area contributed by atoms with Gasteiger partial charge in [-0.25, -0.2) is 0 Å². The van der Waals surface area contributed by atoms with Gasteiger partial charge in [0, 0.05) is 17.1 Å². The predicted molar refractivity (Wildman–Crippen MR) is 118 cm³/mol. The maximum atomic E-state index is 13.5. The normalized spacial score (nSPS) is 11.2. The van der Waals surface area contributed by atoms with Crippen molar-refractivity contribution in [2.75, 3.05) is 17.2 Å². The maximum absolute atomic E-state index is 13.5. The number of carbonyl (C=O) groups is 2. The van der Waals surface area contributed by atoms with Gasteiger partial charge in [-0.3, -0.25) is 9.59 Å². The zero-order valence-corrected chi connectivity index (χ0v) is 18.2. The molecule has 6 nitrogen and oxygen atoms in total. The first-order valence-electron chi connectivity index (χ1n) is 9.88. The Labute approximate surface area is 192 Å². The van der Waals surface area contributed by atoms with Gasteiger partial charge < -0.3 is 19.8 Å². The Morgan fingerprint density at radius 3 is 2.55 bits per heavy atom. The van der Waals surface area contributed by atoms with Gasteiger partial charge in [0.05, 0.1) is 24.1 Å². The van der Waals surface area contributed by atoms with Gasteiger partial charge in [-0.05, 0) is 67.4 Å². The minimum atomic E-state index is -4.75. The lowest BCUT2D eigenvalue weighted by Crippen LogP contribution is -2.18. The first kappa shape index (κ1) is 24.2. The van der Waals surface area contributed by atoms with Crippen LogP contribution in [0.1, 0.15) is 34.5 Å². The Morgan fingerprint density at radius 2 is 1.88 bits per heavy atom. The largest absolute Gasteiger partial charge is 0.494 e. The van der Waals surface area contributed by atoms with Crippen LogP contribution >= 0.6 is 11.6 Å². The molecule has 174 valence electrons. The number of furan rings is 1. The van der Waals surface area contributed by atoms with E-state index in [9.17, 15) is 22.8 Å². The Hall–Kier alpha value is -3.46. The molecular weight excluding hydrogens is 461 g/mol. The van der Waals surface area contributed by atoms with Crippen molar-refractivity contribution in [2.45, 2.75) is 25.9 Å². The molecule has 0 saturated carbocycles. The average molecular weight is 481 g/mol. The van der Waals surface area contributed by atoms with E-state index in [1.54, 1.807) is 18.2 Å². The van der Waals surface area contributed by atoms with Crippen molar-refractivity contribution in [3.05, 3.63) is 76.7 Å². The molecular formula is C23H20ClF3N2O4. The number of hydrogen-bond donors (Lipinski definition) is 2. The summed E-state index contributed by atoms with van der Waals surface area (Å²) in [7, 11) is 0. The number of ether oxygens (including phenoxy) is 1. The summed E-state index contributed by atoms with van der Waals surface area (Å²) in [6.45, 7) is 2.03. The van der Waals surface area contributed by atoms with Crippen LogP contribution in [-0.4, -0.2) is 18.4 Å². The molecule has 33 heavy (non-hydrogen) atoms. The number of amides is 2. The highest BCUT2D eigenvalue weighted by atomic mass is 35.5. The fourth-order valence-corrected chi connectivity index (χ4v) is 3.03. The molecule has 2 amide bonds. The molecule has 0 spiro atoms. The number of halogens is 4. The van der Waals surface area contributed by atoms with Gasteiger partial charge in [-0.15, -0.1) is 0 Å². The Kier molecular flexibility index (Phi) is 7.65. The SMILES string of the molecule is Cc1cc(OCCCC(=O)Nc2ccc(NC(=O)c3ccco3)cc2C(F)(F)F)ccc1Cl. The van der Waals surface area contributed by atoms with Crippen molar-refractivity contribution >= 4 is 34.8 Å². The van der Waals surface area contributed by atoms with Crippen LogP contribution in [0.3, 0.4) is 0 Å². The second kappa shape index (κ2) is 10.4. The molecule has 1 aromatic heterocycles. The van der Waals surface area contributed by atoms with E-state index >= 15 is 0 Å². The van der Waals surface area contributed by atoms with Crippen LogP contribution in [0.25, 0.3) is 0 Å². The van der Waals surface area contributed by atoms with Crippen LogP contribution in [0.2, 0.25) is 5.02 Å². The van der Waals surface area contributed by atoms with Crippen LogP contribution in [0.15, 0.2) is 59.2 Å². The highest BCUT2D eigenvalue weighted by Gasteiger charge is 2.34. The highest BCUT2D eigenvalue weighted by Crippen LogP contribution is 2.37. The van der Waals surface area contributed by atoms with Gasteiger partial charge in [0.15, 0.2) is 5.76 Å². The monoisotopic (exact) mass is 480 g/mol. The van der Waals surface area contributed by atoms with Crippen LogP contribution in [0.4, 0.5) is 24.5 Å². The van der Waals surface area contributed by atoms with Gasteiger partial charge in [0.2, 0.25) is 5.91 Å². The van der Waals surface area contributed by atoms with Crippen LogP contribution < -0.4 is 15.4 Å². The van der Waals surface area contributed by atoms with Gasteiger partial charge in [0.25, 0.3) is 5.91 Å². The van der Waals surface area contributed by atoms with Gasteiger partial charge in [-0.1, -0.05) is 11.6 Å². The molecule has 0 fully saturated rings. The predicted octanol–water partition coefficient (Wildman–Crippen LogP) is 6.31.